The van der Waals surface area contributed by atoms with Crippen molar-refractivity contribution in [1.82, 2.24) is 15.8 Å². The van der Waals surface area contributed by atoms with Crippen LogP contribution in [0.2, 0.25) is 0 Å². The van der Waals surface area contributed by atoms with Crippen LogP contribution >= 0.6 is 0 Å². The molecule has 0 spiro atoms. The van der Waals surface area contributed by atoms with Gasteiger partial charge in [-0.25, -0.2) is 0 Å². The van der Waals surface area contributed by atoms with E-state index in [1.165, 1.54) is 6.42 Å². The molecule has 1 aromatic heterocycles. The molecule has 29 heavy (non-hydrogen) atoms. The minimum atomic E-state index is -0.181. The second kappa shape index (κ2) is 8.90. The number of benzene rings is 2. The third kappa shape index (κ3) is 4.47. The first kappa shape index (κ1) is 19.2. The first-order valence-electron chi connectivity index (χ1n) is 10.2. The van der Waals surface area contributed by atoms with Gasteiger partial charge in [0.15, 0.2) is 5.76 Å². The van der Waals surface area contributed by atoms with Crippen LogP contribution in [0.1, 0.15) is 42.5 Å². The van der Waals surface area contributed by atoms with Crippen LogP contribution in [-0.2, 0) is 4.79 Å². The summed E-state index contributed by atoms with van der Waals surface area (Å²) in [6.45, 7) is 0.830. The van der Waals surface area contributed by atoms with Crippen LogP contribution in [0.5, 0.6) is 0 Å². The molecular weight excluding hydrogens is 366 g/mol. The van der Waals surface area contributed by atoms with Gasteiger partial charge in [0.1, 0.15) is 5.52 Å². The van der Waals surface area contributed by atoms with Crippen LogP contribution < -0.4 is 10.6 Å². The van der Waals surface area contributed by atoms with Crippen LogP contribution in [0.15, 0.2) is 53.1 Å². The predicted octanol–water partition coefficient (Wildman–Crippen LogP) is 3.92. The Morgan fingerprint density at radius 1 is 0.966 bits per heavy atom. The molecule has 2 N–H and O–H groups in total. The third-order valence-electron chi connectivity index (χ3n) is 5.46. The smallest absolute Gasteiger partial charge is 0.251 e. The number of aromatic nitrogens is 1. The summed E-state index contributed by atoms with van der Waals surface area (Å²) in [5.74, 6) is 0.707. The predicted molar refractivity (Wildman–Crippen MR) is 111 cm³/mol. The van der Waals surface area contributed by atoms with Crippen LogP contribution in [0, 0.1) is 5.92 Å². The molecule has 0 radical (unpaired) electrons. The summed E-state index contributed by atoms with van der Waals surface area (Å²) >= 11 is 0. The molecule has 6 nitrogen and oxygen atoms in total. The first-order chi connectivity index (χ1) is 14.2. The minimum Gasteiger partial charge on any atom is -0.355 e. The number of rotatable bonds is 6. The molecule has 0 saturated heterocycles. The number of carbonyl (C=O) groups is 2. The molecule has 6 heteroatoms. The molecule has 1 aliphatic carbocycles. The Hall–Kier alpha value is -3.15. The lowest BCUT2D eigenvalue weighted by molar-refractivity contribution is -0.125. The number of carbonyl (C=O) groups excluding carboxylic acids is 2. The van der Waals surface area contributed by atoms with Gasteiger partial charge in [-0.15, -0.1) is 0 Å². The average molecular weight is 391 g/mol. The number of nitrogens with zero attached hydrogens (tertiary/aromatic N) is 1. The van der Waals surface area contributed by atoms with Crippen LogP contribution in [0.25, 0.3) is 22.2 Å². The molecule has 0 atom stereocenters. The maximum absolute atomic E-state index is 12.5. The summed E-state index contributed by atoms with van der Waals surface area (Å²) in [5.41, 5.74) is 2.16. The lowest BCUT2D eigenvalue weighted by Crippen LogP contribution is -2.38. The van der Waals surface area contributed by atoms with Crippen LogP contribution in [0.3, 0.4) is 0 Å². The van der Waals surface area contributed by atoms with Crippen molar-refractivity contribution in [2.45, 2.75) is 32.1 Å². The zero-order chi connectivity index (χ0) is 20.1. The van der Waals surface area contributed by atoms with Crippen LogP contribution in [-0.4, -0.2) is 30.1 Å². The van der Waals surface area contributed by atoms with Crippen LogP contribution in [0.4, 0.5) is 0 Å². The van der Waals surface area contributed by atoms with E-state index < -0.39 is 0 Å². The molecule has 2 amide bonds. The maximum Gasteiger partial charge on any atom is 0.251 e. The van der Waals surface area contributed by atoms with E-state index >= 15 is 0 Å². The van der Waals surface area contributed by atoms with Gasteiger partial charge in [0.2, 0.25) is 5.91 Å². The zero-order valence-corrected chi connectivity index (χ0v) is 16.3. The highest BCUT2D eigenvalue weighted by Gasteiger charge is 2.20. The summed E-state index contributed by atoms with van der Waals surface area (Å²) in [7, 11) is 0. The van der Waals surface area contributed by atoms with E-state index in [-0.39, 0.29) is 17.7 Å². The van der Waals surface area contributed by atoms with Gasteiger partial charge >= 0.3 is 0 Å². The number of hydrogen-bond acceptors (Lipinski definition) is 4. The summed E-state index contributed by atoms with van der Waals surface area (Å²) in [4.78, 5) is 24.7. The highest BCUT2D eigenvalue weighted by atomic mass is 16.5. The monoisotopic (exact) mass is 391 g/mol. The SMILES string of the molecule is O=C(NCCNC(=O)C1CCCCC1)c1ccc2noc(-c3ccccc3)c2c1. The largest absolute Gasteiger partial charge is 0.355 e. The van der Waals surface area contributed by atoms with Gasteiger partial charge in [-0.1, -0.05) is 54.8 Å². The number of nitrogens with one attached hydrogen (secondary N) is 2. The molecule has 1 aliphatic rings. The first-order valence-corrected chi connectivity index (χ1v) is 10.2. The highest BCUT2D eigenvalue weighted by molar-refractivity contribution is 6.01. The molecular formula is C23H25N3O3. The van der Waals surface area contributed by atoms with Crippen molar-refractivity contribution in [3.05, 3.63) is 54.1 Å². The fourth-order valence-electron chi connectivity index (χ4n) is 3.85. The maximum atomic E-state index is 12.5. The zero-order valence-electron chi connectivity index (χ0n) is 16.3. The molecule has 4 rings (SSSR count). The standard InChI is InChI=1S/C23H25N3O3/c27-22(17-9-5-2-6-10-17)24-13-14-25-23(28)18-11-12-20-19(15-18)21(29-26-20)16-7-3-1-4-8-16/h1,3-4,7-8,11-12,15,17H,2,5-6,9-10,13-14H2,(H,24,27)(H,25,28). The van der Waals surface area contributed by atoms with E-state index in [1.807, 2.05) is 30.3 Å². The van der Waals surface area contributed by atoms with Gasteiger partial charge in [-0.2, -0.15) is 0 Å². The van der Waals surface area contributed by atoms with E-state index in [0.29, 0.717) is 29.9 Å². The highest BCUT2D eigenvalue weighted by Crippen LogP contribution is 2.29. The Morgan fingerprint density at radius 2 is 1.72 bits per heavy atom. The van der Waals surface area contributed by atoms with Crippen molar-refractivity contribution in [1.29, 1.82) is 0 Å². The second-order valence-corrected chi connectivity index (χ2v) is 7.49. The van der Waals surface area contributed by atoms with Gasteiger partial charge < -0.3 is 15.2 Å². The molecule has 0 bridgehead atoms. The topological polar surface area (TPSA) is 84.2 Å². The van der Waals surface area contributed by atoms with Gasteiger partial charge in [0.05, 0.1) is 5.39 Å². The number of amides is 2. The lowest BCUT2D eigenvalue weighted by atomic mass is 9.89. The van der Waals surface area contributed by atoms with E-state index in [4.69, 9.17) is 4.52 Å². The van der Waals surface area contributed by atoms with E-state index in [1.54, 1.807) is 18.2 Å². The Balaban J connectivity index is 1.35. The summed E-state index contributed by atoms with van der Waals surface area (Å²) in [5, 5.41) is 10.7. The average Bonchev–Trinajstić information content (AvgIpc) is 3.21. The van der Waals surface area contributed by atoms with Gasteiger partial charge in [0.25, 0.3) is 5.91 Å². The van der Waals surface area contributed by atoms with Crippen molar-refractivity contribution in [3.8, 4) is 11.3 Å². The number of hydrogen-bond donors (Lipinski definition) is 2. The Labute approximate surface area is 169 Å². The summed E-state index contributed by atoms with van der Waals surface area (Å²) in [6.07, 6.45) is 5.43. The third-order valence-corrected chi connectivity index (χ3v) is 5.46. The molecule has 1 fully saturated rings. The van der Waals surface area contributed by atoms with Crippen molar-refractivity contribution in [3.63, 3.8) is 0 Å². The minimum absolute atomic E-state index is 0.109. The van der Waals surface area contributed by atoms with E-state index in [9.17, 15) is 9.59 Å². The Morgan fingerprint density at radius 3 is 2.52 bits per heavy atom. The fourth-order valence-corrected chi connectivity index (χ4v) is 3.85. The van der Waals surface area contributed by atoms with E-state index in [2.05, 4.69) is 15.8 Å². The summed E-state index contributed by atoms with van der Waals surface area (Å²) in [6, 6.07) is 15.0. The van der Waals surface area contributed by atoms with Crippen molar-refractivity contribution in [2.24, 2.45) is 5.92 Å². The molecule has 2 aromatic carbocycles. The van der Waals surface area contributed by atoms with Crippen molar-refractivity contribution in [2.75, 3.05) is 13.1 Å². The van der Waals surface area contributed by atoms with Gasteiger partial charge in [0, 0.05) is 30.1 Å². The van der Waals surface area contributed by atoms with Crippen molar-refractivity contribution < 1.29 is 14.1 Å². The molecule has 1 saturated carbocycles. The quantitative estimate of drug-likeness (QED) is 0.624. The van der Waals surface area contributed by atoms with Crippen molar-refractivity contribution >= 4 is 22.7 Å². The molecule has 0 unspecified atom stereocenters. The normalized spacial score (nSPS) is 14.6. The molecule has 1 heterocycles. The number of fused-ring (bicyclic) bond motifs is 1. The second-order valence-electron chi connectivity index (χ2n) is 7.49. The molecule has 0 aliphatic heterocycles. The Kier molecular flexibility index (Phi) is 5.89. The lowest BCUT2D eigenvalue weighted by Gasteiger charge is -2.20. The van der Waals surface area contributed by atoms with Gasteiger partial charge in [-0.05, 0) is 31.0 Å². The molecule has 150 valence electrons. The molecule has 3 aromatic rings. The Bertz CT molecular complexity index is 991. The van der Waals surface area contributed by atoms with Gasteiger partial charge in [-0.3, -0.25) is 9.59 Å². The summed E-state index contributed by atoms with van der Waals surface area (Å²) < 4.78 is 5.49. The fraction of sp³-hybridized carbons (Fsp3) is 0.348. The van der Waals surface area contributed by atoms with E-state index in [0.717, 1.165) is 36.6 Å².